The van der Waals surface area contributed by atoms with E-state index in [2.05, 4.69) is 10.3 Å². The van der Waals surface area contributed by atoms with Gasteiger partial charge in [-0.05, 0) is 68.2 Å². The van der Waals surface area contributed by atoms with Crippen LogP contribution in [0, 0.1) is 17.7 Å². The summed E-state index contributed by atoms with van der Waals surface area (Å²) in [6.45, 7) is 0. The Morgan fingerprint density at radius 2 is 1.77 bits per heavy atom. The van der Waals surface area contributed by atoms with Crippen LogP contribution in [0.2, 0.25) is 0 Å². The van der Waals surface area contributed by atoms with E-state index in [0.717, 1.165) is 24.7 Å². The van der Waals surface area contributed by atoms with Crippen LogP contribution in [0.1, 0.15) is 55.3 Å². The molecule has 2 aliphatic carbocycles. The number of nitrogens with one attached hydrogen (secondary N) is 1. The lowest BCUT2D eigenvalue weighted by atomic mass is 9.83. The van der Waals surface area contributed by atoms with Gasteiger partial charge < -0.3 is 5.32 Å². The van der Waals surface area contributed by atoms with Crippen LogP contribution >= 0.6 is 0 Å². The molecule has 0 saturated heterocycles. The molecule has 2 saturated carbocycles. The molecule has 1 heterocycles. The lowest BCUT2D eigenvalue weighted by Gasteiger charge is -2.29. The van der Waals surface area contributed by atoms with Crippen molar-refractivity contribution in [2.75, 3.05) is 0 Å². The van der Waals surface area contributed by atoms with Crippen molar-refractivity contribution < 1.29 is 9.18 Å². The monoisotopic (exact) mass is 352 g/mol. The molecule has 0 atom stereocenters. The van der Waals surface area contributed by atoms with Crippen molar-refractivity contribution in [2.45, 2.75) is 51.0 Å². The zero-order chi connectivity index (χ0) is 17.9. The molecule has 0 bridgehead atoms. The summed E-state index contributed by atoms with van der Waals surface area (Å²) < 4.78 is 13.3. The first kappa shape index (κ1) is 17.2. The molecule has 2 aliphatic rings. The normalized spacial score (nSPS) is 22.8. The quantitative estimate of drug-likeness (QED) is 0.825. The minimum Gasteiger partial charge on any atom is -0.349 e. The molecular formula is C22H25FN2O. The number of halogens is 1. The van der Waals surface area contributed by atoms with Gasteiger partial charge in [-0.3, -0.25) is 9.78 Å². The first-order chi connectivity index (χ1) is 12.7. The first-order valence-electron chi connectivity index (χ1n) is 9.70. The smallest absolute Gasteiger partial charge is 0.253 e. The van der Waals surface area contributed by atoms with Crippen LogP contribution in [0.3, 0.4) is 0 Å². The van der Waals surface area contributed by atoms with E-state index in [9.17, 15) is 9.18 Å². The third-order valence-electron chi connectivity index (χ3n) is 5.69. The van der Waals surface area contributed by atoms with Crippen LogP contribution in [0.5, 0.6) is 0 Å². The van der Waals surface area contributed by atoms with Gasteiger partial charge in [-0.2, -0.15) is 0 Å². The van der Waals surface area contributed by atoms with Crippen LogP contribution in [0.4, 0.5) is 4.39 Å². The van der Waals surface area contributed by atoms with Crippen molar-refractivity contribution in [1.29, 1.82) is 0 Å². The highest BCUT2D eigenvalue weighted by molar-refractivity contribution is 5.94. The summed E-state index contributed by atoms with van der Waals surface area (Å²) in [7, 11) is 0. The fourth-order valence-electron chi connectivity index (χ4n) is 3.98. The van der Waals surface area contributed by atoms with E-state index in [1.54, 1.807) is 24.4 Å². The molecule has 0 spiro atoms. The summed E-state index contributed by atoms with van der Waals surface area (Å²) in [6, 6.07) is 10.1. The van der Waals surface area contributed by atoms with Crippen molar-refractivity contribution in [3.63, 3.8) is 0 Å². The van der Waals surface area contributed by atoms with Crippen LogP contribution in [-0.4, -0.2) is 16.9 Å². The minimum atomic E-state index is -0.289. The van der Waals surface area contributed by atoms with Crippen molar-refractivity contribution in [3.05, 3.63) is 54.0 Å². The molecule has 1 aromatic heterocycles. The largest absolute Gasteiger partial charge is 0.349 e. The Morgan fingerprint density at radius 3 is 2.38 bits per heavy atom. The van der Waals surface area contributed by atoms with E-state index >= 15 is 0 Å². The third kappa shape index (κ3) is 4.29. The molecule has 4 rings (SSSR count). The summed E-state index contributed by atoms with van der Waals surface area (Å²) >= 11 is 0. The molecule has 136 valence electrons. The SMILES string of the molecule is O=C(NC1CCC(CC2CC2)CC1)c1ccc(-c2cccc(F)c2)nc1. The number of hydrogen-bond acceptors (Lipinski definition) is 2. The Kier molecular flexibility index (Phi) is 5.00. The Hall–Kier alpha value is -2.23. The van der Waals surface area contributed by atoms with Crippen LogP contribution in [0.25, 0.3) is 11.3 Å². The molecule has 1 amide bonds. The molecular weight excluding hydrogens is 327 g/mol. The lowest BCUT2D eigenvalue weighted by molar-refractivity contribution is 0.0920. The van der Waals surface area contributed by atoms with Crippen molar-refractivity contribution >= 4 is 5.91 Å². The maximum absolute atomic E-state index is 13.3. The van der Waals surface area contributed by atoms with Gasteiger partial charge in [-0.25, -0.2) is 4.39 Å². The predicted octanol–water partition coefficient (Wildman–Crippen LogP) is 4.98. The number of aromatic nitrogens is 1. The van der Waals surface area contributed by atoms with Gasteiger partial charge in [0.15, 0.2) is 0 Å². The van der Waals surface area contributed by atoms with Crippen LogP contribution < -0.4 is 5.32 Å². The van der Waals surface area contributed by atoms with Crippen molar-refractivity contribution in [1.82, 2.24) is 10.3 Å². The molecule has 2 aromatic rings. The van der Waals surface area contributed by atoms with Gasteiger partial charge in [-0.15, -0.1) is 0 Å². The second-order valence-corrected chi connectivity index (χ2v) is 7.81. The molecule has 1 aromatic carbocycles. The highest BCUT2D eigenvalue weighted by Gasteiger charge is 2.29. The Balaban J connectivity index is 1.32. The maximum atomic E-state index is 13.3. The molecule has 4 heteroatoms. The second-order valence-electron chi connectivity index (χ2n) is 7.81. The molecule has 0 unspecified atom stereocenters. The maximum Gasteiger partial charge on any atom is 0.253 e. The molecule has 3 nitrogen and oxygen atoms in total. The zero-order valence-corrected chi connectivity index (χ0v) is 15.0. The summed E-state index contributed by atoms with van der Waals surface area (Å²) in [5.74, 6) is 1.51. The topological polar surface area (TPSA) is 42.0 Å². The van der Waals surface area contributed by atoms with Gasteiger partial charge in [0.2, 0.25) is 0 Å². The third-order valence-corrected chi connectivity index (χ3v) is 5.69. The summed E-state index contributed by atoms with van der Waals surface area (Å²) in [4.78, 5) is 16.8. The Bertz CT molecular complexity index is 762. The summed E-state index contributed by atoms with van der Waals surface area (Å²) in [6.07, 6.45) is 10.5. The summed E-state index contributed by atoms with van der Waals surface area (Å²) in [5, 5.41) is 3.15. The summed E-state index contributed by atoms with van der Waals surface area (Å²) in [5.41, 5.74) is 1.94. The number of benzene rings is 1. The highest BCUT2D eigenvalue weighted by atomic mass is 19.1. The van der Waals surface area contributed by atoms with Gasteiger partial charge >= 0.3 is 0 Å². The molecule has 2 fully saturated rings. The highest BCUT2D eigenvalue weighted by Crippen LogP contribution is 2.39. The second kappa shape index (κ2) is 7.56. The van der Waals surface area contributed by atoms with Gasteiger partial charge in [0.1, 0.15) is 5.82 Å². The predicted molar refractivity (Wildman–Crippen MR) is 100 cm³/mol. The number of nitrogens with zero attached hydrogens (tertiary/aromatic N) is 1. The number of carbonyl (C=O) groups excluding carboxylic acids is 1. The number of hydrogen-bond donors (Lipinski definition) is 1. The van der Waals surface area contributed by atoms with Gasteiger partial charge in [0.05, 0.1) is 11.3 Å². The standard InChI is InChI=1S/C22H25FN2O/c23-19-3-1-2-17(13-19)21-11-8-18(14-24-21)22(26)25-20-9-6-16(7-10-20)12-15-4-5-15/h1-3,8,11,13-16,20H,4-7,9-10,12H2,(H,25,26). The van der Waals surface area contributed by atoms with E-state index < -0.39 is 0 Å². The van der Waals surface area contributed by atoms with Gasteiger partial charge in [-0.1, -0.05) is 25.0 Å². The zero-order valence-electron chi connectivity index (χ0n) is 15.0. The van der Waals surface area contributed by atoms with Gasteiger partial charge in [0, 0.05) is 17.8 Å². The number of pyridine rings is 1. The molecule has 0 aliphatic heterocycles. The first-order valence-corrected chi connectivity index (χ1v) is 9.70. The van der Waals surface area contributed by atoms with Gasteiger partial charge in [0.25, 0.3) is 5.91 Å². The molecule has 26 heavy (non-hydrogen) atoms. The van der Waals surface area contributed by atoms with E-state index in [1.807, 2.05) is 6.07 Å². The van der Waals surface area contributed by atoms with Crippen molar-refractivity contribution in [2.24, 2.45) is 11.8 Å². The minimum absolute atomic E-state index is 0.0612. The number of amides is 1. The van der Waals surface area contributed by atoms with E-state index in [0.29, 0.717) is 16.8 Å². The average molecular weight is 352 g/mol. The van der Waals surface area contributed by atoms with Crippen LogP contribution in [0.15, 0.2) is 42.6 Å². The fraction of sp³-hybridized carbons (Fsp3) is 0.455. The number of rotatable bonds is 5. The lowest BCUT2D eigenvalue weighted by Crippen LogP contribution is -2.37. The fourth-order valence-corrected chi connectivity index (χ4v) is 3.98. The van der Waals surface area contributed by atoms with E-state index in [-0.39, 0.29) is 17.8 Å². The van der Waals surface area contributed by atoms with Crippen molar-refractivity contribution in [3.8, 4) is 11.3 Å². The molecule has 0 radical (unpaired) electrons. The Morgan fingerprint density at radius 1 is 1.04 bits per heavy atom. The average Bonchev–Trinajstić information content (AvgIpc) is 3.47. The van der Waals surface area contributed by atoms with Crippen LogP contribution in [-0.2, 0) is 0 Å². The molecule has 1 N–H and O–H groups in total. The number of carbonyl (C=O) groups is 1. The van der Waals surface area contributed by atoms with E-state index in [1.165, 1.54) is 44.2 Å². The Labute approximate surface area is 154 Å². The van der Waals surface area contributed by atoms with E-state index in [4.69, 9.17) is 0 Å².